The molecule has 0 unspecified atom stereocenters. The zero-order chi connectivity index (χ0) is 14.5. The highest BCUT2D eigenvalue weighted by Crippen LogP contribution is 2.26. The van der Waals surface area contributed by atoms with Crippen molar-refractivity contribution in [2.24, 2.45) is 0 Å². The largest absolute Gasteiger partial charge is 0.435 e. The molecule has 0 saturated carbocycles. The lowest BCUT2D eigenvalue weighted by Gasteiger charge is -2.10. The monoisotopic (exact) mass is 279 g/mol. The lowest BCUT2D eigenvalue weighted by molar-refractivity contribution is 0.403. The highest BCUT2D eigenvalue weighted by Gasteiger charge is 2.12. The molecule has 1 heterocycles. The van der Waals surface area contributed by atoms with Gasteiger partial charge in [0.15, 0.2) is 11.6 Å². The average Bonchev–Trinajstić information content (AvgIpc) is 2.44. The standard InChI is InChI=1S/C14H15F2N3O/c1-3-7-17-14-18-8-9(2)13(19-14)20-11-6-4-5-10(15)12(11)16/h4-6,8H,3,7H2,1-2H3,(H,17,18,19). The SMILES string of the molecule is CCCNc1ncc(C)c(Oc2cccc(F)c2F)n1. The van der Waals surface area contributed by atoms with Gasteiger partial charge in [0.1, 0.15) is 0 Å². The molecule has 0 aliphatic carbocycles. The molecule has 1 aromatic carbocycles. The van der Waals surface area contributed by atoms with Crippen LogP contribution in [0, 0.1) is 18.6 Å². The molecule has 0 amide bonds. The number of rotatable bonds is 5. The maximum Gasteiger partial charge on any atom is 0.227 e. The summed E-state index contributed by atoms with van der Waals surface area (Å²) >= 11 is 0. The summed E-state index contributed by atoms with van der Waals surface area (Å²) in [6.07, 6.45) is 2.49. The van der Waals surface area contributed by atoms with Crippen LogP contribution in [0.1, 0.15) is 18.9 Å². The van der Waals surface area contributed by atoms with Crippen LogP contribution >= 0.6 is 0 Å². The quantitative estimate of drug-likeness (QED) is 0.907. The summed E-state index contributed by atoms with van der Waals surface area (Å²) in [5.41, 5.74) is 0.635. The van der Waals surface area contributed by atoms with Gasteiger partial charge < -0.3 is 10.1 Å². The van der Waals surface area contributed by atoms with Crippen molar-refractivity contribution in [1.29, 1.82) is 0 Å². The number of nitrogens with one attached hydrogen (secondary N) is 1. The third-order valence-corrected chi connectivity index (χ3v) is 2.58. The molecule has 1 N–H and O–H groups in total. The Morgan fingerprint density at radius 3 is 2.85 bits per heavy atom. The predicted octanol–water partition coefficient (Wildman–Crippen LogP) is 3.68. The van der Waals surface area contributed by atoms with Gasteiger partial charge in [-0.25, -0.2) is 9.37 Å². The van der Waals surface area contributed by atoms with Gasteiger partial charge >= 0.3 is 0 Å². The molecule has 0 bridgehead atoms. The Bertz CT molecular complexity index is 605. The molecule has 0 fully saturated rings. The van der Waals surface area contributed by atoms with E-state index in [0.29, 0.717) is 11.5 Å². The van der Waals surface area contributed by atoms with Gasteiger partial charge in [0.2, 0.25) is 17.6 Å². The molecule has 4 nitrogen and oxygen atoms in total. The highest BCUT2D eigenvalue weighted by molar-refractivity contribution is 5.36. The van der Waals surface area contributed by atoms with Gasteiger partial charge in [-0.05, 0) is 25.5 Å². The Morgan fingerprint density at radius 2 is 2.10 bits per heavy atom. The molecule has 0 aliphatic rings. The fourth-order valence-electron chi connectivity index (χ4n) is 1.52. The molecule has 0 spiro atoms. The van der Waals surface area contributed by atoms with E-state index in [-0.39, 0.29) is 11.6 Å². The molecular weight excluding hydrogens is 264 g/mol. The van der Waals surface area contributed by atoms with Gasteiger partial charge in [-0.15, -0.1) is 0 Å². The van der Waals surface area contributed by atoms with E-state index in [4.69, 9.17) is 4.74 Å². The molecule has 0 aliphatic heterocycles. The minimum atomic E-state index is -1.03. The molecule has 106 valence electrons. The molecular formula is C14H15F2N3O. The van der Waals surface area contributed by atoms with Crippen LogP contribution in [0.15, 0.2) is 24.4 Å². The second-order valence-corrected chi connectivity index (χ2v) is 4.26. The lowest BCUT2D eigenvalue weighted by atomic mass is 10.3. The van der Waals surface area contributed by atoms with Gasteiger partial charge in [-0.3, -0.25) is 0 Å². The summed E-state index contributed by atoms with van der Waals surface area (Å²) in [5, 5.41) is 3.00. The van der Waals surface area contributed by atoms with Crippen molar-refractivity contribution in [1.82, 2.24) is 9.97 Å². The van der Waals surface area contributed by atoms with Crippen molar-refractivity contribution in [3.63, 3.8) is 0 Å². The number of anilines is 1. The molecule has 0 saturated heterocycles. The summed E-state index contributed by atoms with van der Waals surface area (Å²) in [7, 11) is 0. The van der Waals surface area contributed by atoms with E-state index in [1.54, 1.807) is 13.1 Å². The minimum absolute atomic E-state index is 0.197. The van der Waals surface area contributed by atoms with Crippen molar-refractivity contribution in [2.75, 3.05) is 11.9 Å². The Balaban J connectivity index is 2.26. The van der Waals surface area contributed by atoms with E-state index in [1.165, 1.54) is 12.1 Å². The second-order valence-electron chi connectivity index (χ2n) is 4.26. The Labute approximate surface area is 115 Å². The van der Waals surface area contributed by atoms with Crippen molar-refractivity contribution in [3.05, 3.63) is 41.6 Å². The Kier molecular flexibility index (Phi) is 4.45. The average molecular weight is 279 g/mol. The number of aryl methyl sites for hydroxylation is 1. The summed E-state index contributed by atoms with van der Waals surface area (Å²) in [4.78, 5) is 8.23. The fraction of sp³-hybridized carbons (Fsp3) is 0.286. The van der Waals surface area contributed by atoms with E-state index in [2.05, 4.69) is 15.3 Å². The number of halogens is 2. The lowest BCUT2D eigenvalue weighted by Crippen LogP contribution is -2.05. The third kappa shape index (κ3) is 3.20. The number of ether oxygens (including phenoxy) is 1. The van der Waals surface area contributed by atoms with Crippen molar-refractivity contribution >= 4 is 5.95 Å². The first-order valence-corrected chi connectivity index (χ1v) is 6.31. The molecule has 2 aromatic rings. The number of hydrogen-bond donors (Lipinski definition) is 1. The van der Waals surface area contributed by atoms with Crippen LogP contribution in [0.4, 0.5) is 14.7 Å². The zero-order valence-electron chi connectivity index (χ0n) is 11.3. The molecule has 20 heavy (non-hydrogen) atoms. The Hall–Kier alpha value is -2.24. The van der Waals surface area contributed by atoms with Crippen molar-refractivity contribution in [2.45, 2.75) is 20.3 Å². The van der Waals surface area contributed by atoms with Crippen LogP contribution < -0.4 is 10.1 Å². The second kappa shape index (κ2) is 6.27. The topological polar surface area (TPSA) is 47.0 Å². The number of benzene rings is 1. The minimum Gasteiger partial charge on any atom is -0.435 e. The first-order chi connectivity index (χ1) is 9.61. The predicted molar refractivity (Wildman–Crippen MR) is 72.0 cm³/mol. The zero-order valence-corrected chi connectivity index (χ0v) is 11.3. The van der Waals surface area contributed by atoms with Crippen LogP contribution in [-0.4, -0.2) is 16.5 Å². The van der Waals surface area contributed by atoms with Gasteiger partial charge in [0.25, 0.3) is 0 Å². The summed E-state index contributed by atoms with van der Waals surface area (Å²) in [5.74, 6) is -1.60. The van der Waals surface area contributed by atoms with Crippen molar-refractivity contribution in [3.8, 4) is 11.6 Å². The summed E-state index contributed by atoms with van der Waals surface area (Å²) in [6.45, 7) is 4.47. The van der Waals surface area contributed by atoms with Crippen LogP contribution in [0.5, 0.6) is 11.6 Å². The van der Waals surface area contributed by atoms with Crippen LogP contribution in [0.3, 0.4) is 0 Å². The van der Waals surface area contributed by atoms with Crippen LogP contribution in [0.25, 0.3) is 0 Å². The van der Waals surface area contributed by atoms with Crippen LogP contribution in [0.2, 0.25) is 0 Å². The maximum absolute atomic E-state index is 13.6. The van der Waals surface area contributed by atoms with Crippen LogP contribution in [-0.2, 0) is 0 Å². The highest BCUT2D eigenvalue weighted by atomic mass is 19.2. The first-order valence-electron chi connectivity index (χ1n) is 6.31. The van der Waals surface area contributed by atoms with Gasteiger partial charge in [-0.2, -0.15) is 9.37 Å². The van der Waals surface area contributed by atoms with Gasteiger partial charge in [-0.1, -0.05) is 13.0 Å². The van der Waals surface area contributed by atoms with E-state index in [1.807, 2.05) is 6.92 Å². The first kappa shape index (κ1) is 14.2. The smallest absolute Gasteiger partial charge is 0.227 e. The summed E-state index contributed by atoms with van der Waals surface area (Å²) in [6, 6.07) is 3.75. The number of hydrogen-bond acceptors (Lipinski definition) is 4. The van der Waals surface area contributed by atoms with E-state index < -0.39 is 11.6 Å². The van der Waals surface area contributed by atoms with E-state index >= 15 is 0 Å². The van der Waals surface area contributed by atoms with Gasteiger partial charge in [0, 0.05) is 18.3 Å². The normalized spacial score (nSPS) is 10.4. The molecule has 2 rings (SSSR count). The molecule has 0 atom stereocenters. The third-order valence-electron chi connectivity index (χ3n) is 2.58. The summed E-state index contributed by atoms with van der Waals surface area (Å²) < 4.78 is 32.0. The number of aromatic nitrogens is 2. The Morgan fingerprint density at radius 1 is 1.30 bits per heavy atom. The van der Waals surface area contributed by atoms with Crippen molar-refractivity contribution < 1.29 is 13.5 Å². The fourth-order valence-corrected chi connectivity index (χ4v) is 1.52. The molecule has 6 heteroatoms. The molecule has 1 aromatic heterocycles. The van der Waals surface area contributed by atoms with E-state index in [9.17, 15) is 8.78 Å². The van der Waals surface area contributed by atoms with E-state index in [0.717, 1.165) is 19.0 Å². The maximum atomic E-state index is 13.6. The number of nitrogens with zero attached hydrogens (tertiary/aromatic N) is 2. The van der Waals surface area contributed by atoms with Gasteiger partial charge in [0.05, 0.1) is 0 Å². The molecule has 0 radical (unpaired) electrons.